The lowest BCUT2D eigenvalue weighted by molar-refractivity contribution is -0.137. The van der Waals surface area contributed by atoms with E-state index in [4.69, 9.17) is 11.6 Å². The number of aromatic nitrogens is 2. The number of nitrogens with one attached hydrogen (secondary N) is 1. The molecular weight excluding hydrogens is 489 g/mol. The van der Waals surface area contributed by atoms with Gasteiger partial charge in [-0.25, -0.2) is 0 Å². The van der Waals surface area contributed by atoms with E-state index in [0.29, 0.717) is 21.6 Å². The van der Waals surface area contributed by atoms with Gasteiger partial charge in [0.15, 0.2) is 0 Å². The van der Waals surface area contributed by atoms with Gasteiger partial charge in [-0.15, -0.1) is 10.2 Å². The summed E-state index contributed by atoms with van der Waals surface area (Å²) < 4.78 is 38.4. The molecule has 1 heterocycles. The number of amides is 2. The number of benzene rings is 2. The Morgan fingerprint density at radius 2 is 1.85 bits per heavy atom. The summed E-state index contributed by atoms with van der Waals surface area (Å²) in [6, 6.07) is 10.9. The Bertz CT molecular complexity index is 1150. The molecule has 0 aliphatic rings. The van der Waals surface area contributed by atoms with Crippen molar-refractivity contribution in [3.63, 3.8) is 0 Å². The lowest BCUT2D eigenvalue weighted by atomic mass is 10.1. The van der Waals surface area contributed by atoms with Crippen molar-refractivity contribution < 1.29 is 22.8 Å². The van der Waals surface area contributed by atoms with Crippen LogP contribution in [0.4, 0.5) is 18.3 Å². The zero-order valence-electron chi connectivity index (χ0n) is 18.4. The molecule has 0 unspecified atom stereocenters. The average Bonchev–Trinajstić information content (AvgIpc) is 3.26. The standard InChI is InChI=1S/C23H22ClF3N4O2S/c1-3-14(2)31(21(33)15-7-9-17(10-8-15)23(25,26)27)12-11-19(32)28-22-30-29-20(34-22)16-5-4-6-18(24)13-16/h4-10,13-14H,3,11-12H2,1-2H3,(H,28,30,32)/t14-/m0/s1. The summed E-state index contributed by atoms with van der Waals surface area (Å²) >= 11 is 7.19. The Kier molecular flexibility index (Phi) is 8.27. The molecule has 11 heteroatoms. The minimum Gasteiger partial charge on any atom is -0.335 e. The third kappa shape index (κ3) is 6.54. The van der Waals surface area contributed by atoms with Gasteiger partial charge >= 0.3 is 6.18 Å². The van der Waals surface area contributed by atoms with Crippen molar-refractivity contribution >= 4 is 39.9 Å². The highest BCUT2D eigenvalue weighted by Crippen LogP contribution is 2.30. The van der Waals surface area contributed by atoms with Gasteiger partial charge in [-0.2, -0.15) is 13.2 Å². The Labute approximate surface area is 203 Å². The largest absolute Gasteiger partial charge is 0.416 e. The second-order valence-corrected chi connectivity index (χ2v) is 8.97. The molecule has 0 radical (unpaired) electrons. The maximum Gasteiger partial charge on any atom is 0.416 e. The topological polar surface area (TPSA) is 75.2 Å². The van der Waals surface area contributed by atoms with Crippen LogP contribution in [0.25, 0.3) is 10.6 Å². The van der Waals surface area contributed by atoms with E-state index in [0.717, 1.165) is 29.8 Å². The minimum absolute atomic E-state index is 0.0111. The molecule has 0 aliphatic heterocycles. The first kappa shape index (κ1) is 25.6. The van der Waals surface area contributed by atoms with Crippen molar-refractivity contribution in [2.45, 2.75) is 38.9 Å². The van der Waals surface area contributed by atoms with E-state index in [1.165, 1.54) is 16.2 Å². The fourth-order valence-electron chi connectivity index (χ4n) is 3.13. The van der Waals surface area contributed by atoms with E-state index in [1.54, 1.807) is 18.2 Å². The van der Waals surface area contributed by atoms with Crippen LogP contribution in [0, 0.1) is 0 Å². The molecule has 6 nitrogen and oxygen atoms in total. The molecule has 3 aromatic rings. The van der Waals surface area contributed by atoms with Crippen molar-refractivity contribution in [2.75, 3.05) is 11.9 Å². The highest BCUT2D eigenvalue weighted by Gasteiger charge is 2.30. The Balaban J connectivity index is 1.64. The van der Waals surface area contributed by atoms with Gasteiger partial charge in [-0.05, 0) is 49.7 Å². The second kappa shape index (κ2) is 11.0. The number of rotatable bonds is 8. The first-order chi connectivity index (χ1) is 16.1. The number of anilines is 1. The number of alkyl halides is 3. The zero-order chi connectivity index (χ0) is 24.9. The van der Waals surface area contributed by atoms with Crippen LogP contribution >= 0.6 is 22.9 Å². The summed E-state index contributed by atoms with van der Waals surface area (Å²) in [5.74, 6) is -0.794. The third-order valence-corrected chi connectivity index (χ3v) is 6.29. The van der Waals surface area contributed by atoms with Crippen molar-refractivity contribution in [1.29, 1.82) is 0 Å². The predicted octanol–water partition coefficient (Wildman–Crippen LogP) is 6.15. The van der Waals surface area contributed by atoms with E-state index in [9.17, 15) is 22.8 Å². The molecule has 0 aliphatic carbocycles. The minimum atomic E-state index is -4.48. The van der Waals surface area contributed by atoms with Gasteiger partial charge < -0.3 is 10.2 Å². The van der Waals surface area contributed by atoms with Crippen molar-refractivity contribution in [2.24, 2.45) is 0 Å². The molecular formula is C23H22ClF3N4O2S. The summed E-state index contributed by atoms with van der Waals surface area (Å²) in [4.78, 5) is 26.9. The molecule has 0 saturated carbocycles. The Hall–Kier alpha value is -2.98. The van der Waals surface area contributed by atoms with Crippen molar-refractivity contribution in [1.82, 2.24) is 15.1 Å². The van der Waals surface area contributed by atoms with Crippen LogP contribution in [0.15, 0.2) is 48.5 Å². The molecule has 1 atom stereocenters. The number of carbonyl (C=O) groups is 2. The molecule has 3 rings (SSSR count). The van der Waals surface area contributed by atoms with Crippen LogP contribution in [-0.4, -0.2) is 39.5 Å². The van der Waals surface area contributed by atoms with Gasteiger partial charge in [0.2, 0.25) is 11.0 Å². The van der Waals surface area contributed by atoms with Crippen LogP contribution in [-0.2, 0) is 11.0 Å². The van der Waals surface area contributed by atoms with E-state index in [-0.39, 0.29) is 30.5 Å². The molecule has 34 heavy (non-hydrogen) atoms. The molecule has 0 spiro atoms. The lowest BCUT2D eigenvalue weighted by Crippen LogP contribution is -2.40. The predicted molar refractivity (Wildman–Crippen MR) is 126 cm³/mol. The van der Waals surface area contributed by atoms with Crippen LogP contribution in [0.1, 0.15) is 42.6 Å². The first-order valence-corrected chi connectivity index (χ1v) is 11.7. The highest BCUT2D eigenvalue weighted by atomic mass is 35.5. The number of halogens is 4. The monoisotopic (exact) mass is 510 g/mol. The van der Waals surface area contributed by atoms with E-state index in [2.05, 4.69) is 15.5 Å². The Morgan fingerprint density at radius 3 is 2.47 bits per heavy atom. The number of hydrogen-bond donors (Lipinski definition) is 1. The van der Waals surface area contributed by atoms with Crippen LogP contribution in [0.3, 0.4) is 0 Å². The molecule has 0 saturated heterocycles. The van der Waals surface area contributed by atoms with Crippen molar-refractivity contribution in [3.05, 3.63) is 64.7 Å². The van der Waals surface area contributed by atoms with Gasteiger partial charge in [0.25, 0.3) is 5.91 Å². The Morgan fingerprint density at radius 1 is 1.15 bits per heavy atom. The van der Waals surface area contributed by atoms with Crippen molar-refractivity contribution in [3.8, 4) is 10.6 Å². The summed E-state index contributed by atoms with van der Waals surface area (Å²) in [5.41, 5.74) is 0.0762. The maximum atomic E-state index is 12.9. The van der Waals surface area contributed by atoms with E-state index < -0.39 is 17.6 Å². The molecule has 1 N–H and O–H groups in total. The van der Waals surface area contributed by atoms with Gasteiger partial charge in [-0.1, -0.05) is 42.0 Å². The number of hydrogen-bond acceptors (Lipinski definition) is 5. The molecule has 0 fully saturated rings. The van der Waals surface area contributed by atoms with E-state index in [1.807, 2.05) is 19.9 Å². The lowest BCUT2D eigenvalue weighted by Gasteiger charge is -2.28. The van der Waals surface area contributed by atoms with E-state index >= 15 is 0 Å². The van der Waals surface area contributed by atoms with Crippen LogP contribution in [0.5, 0.6) is 0 Å². The second-order valence-electron chi connectivity index (χ2n) is 7.55. The molecule has 1 aromatic heterocycles. The number of carbonyl (C=O) groups excluding carboxylic acids is 2. The summed E-state index contributed by atoms with van der Waals surface area (Å²) in [7, 11) is 0. The highest BCUT2D eigenvalue weighted by molar-refractivity contribution is 7.18. The SMILES string of the molecule is CC[C@H](C)N(CCC(=O)Nc1nnc(-c2cccc(Cl)c2)s1)C(=O)c1ccc(C(F)(F)F)cc1. The molecule has 0 bridgehead atoms. The normalized spacial score (nSPS) is 12.3. The fourth-order valence-corrected chi connectivity index (χ4v) is 4.07. The van der Waals surface area contributed by atoms with Gasteiger partial charge in [0, 0.05) is 35.2 Å². The summed E-state index contributed by atoms with van der Waals surface area (Å²) in [5, 5.41) is 12.2. The third-order valence-electron chi connectivity index (χ3n) is 5.17. The van der Waals surface area contributed by atoms with Crippen LogP contribution in [0.2, 0.25) is 5.02 Å². The van der Waals surface area contributed by atoms with Gasteiger partial charge in [0.1, 0.15) is 5.01 Å². The molecule has 180 valence electrons. The molecule has 2 amide bonds. The first-order valence-electron chi connectivity index (χ1n) is 10.5. The quantitative estimate of drug-likeness (QED) is 0.394. The summed E-state index contributed by atoms with van der Waals surface area (Å²) in [6.45, 7) is 3.80. The maximum absolute atomic E-state index is 12.9. The van der Waals surface area contributed by atoms with Gasteiger partial charge in [-0.3, -0.25) is 9.59 Å². The van der Waals surface area contributed by atoms with Gasteiger partial charge in [0.05, 0.1) is 5.56 Å². The number of nitrogens with zero attached hydrogens (tertiary/aromatic N) is 3. The molecule has 2 aromatic carbocycles. The zero-order valence-corrected chi connectivity index (χ0v) is 20.0. The smallest absolute Gasteiger partial charge is 0.335 e. The summed E-state index contributed by atoms with van der Waals surface area (Å²) in [6.07, 6.45) is -3.87. The van der Waals surface area contributed by atoms with Crippen LogP contribution < -0.4 is 5.32 Å². The fraction of sp³-hybridized carbons (Fsp3) is 0.304. The average molecular weight is 511 g/mol.